The molecule has 2 amide bonds. The van der Waals surface area contributed by atoms with E-state index in [0.717, 1.165) is 24.1 Å². The number of benzene rings is 2. The Labute approximate surface area is 151 Å². The van der Waals surface area contributed by atoms with Gasteiger partial charge < -0.3 is 15.4 Å². The van der Waals surface area contributed by atoms with Crippen LogP contribution in [0.3, 0.4) is 0 Å². The average Bonchev–Trinajstić information content (AvgIpc) is 3.47. The molecule has 5 nitrogen and oxygen atoms in total. The van der Waals surface area contributed by atoms with Crippen molar-refractivity contribution >= 4 is 17.5 Å². The second kappa shape index (κ2) is 7.99. The maximum absolute atomic E-state index is 13.5. The quantitative estimate of drug-likeness (QED) is 0.799. The molecule has 0 saturated heterocycles. The monoisotopic (exact) mass is 356 g/mol. The first-order valence-electron chi connectivity index (χ1n) is 8.60. The van der Waals surface area contributed by atoms with E-state index in [2.05, 4.69) is 10.6 Å². The molecular formula is C20H21FN2O3. The third-order valence-corrected chi connectivity index (χ3v) is 4.20. The van der Waals surface area contributed by atoms with E-state index in [1.54, 1.807) is 12.1 Å². The van der Waals surface area contributed by atoms with Gasteiger partial charge >= 0.3 is 0 Å². The van der Waals surface area contributed by atoms with Crippen LogP contribution in [0.1, 0.15) is 31.4 Å². The summed E-state index contributed by atoms with van der Waals surface area (Å²) in [6.07, 6.45) is 1.92. The molecule has 1 unspecified atom stereocenters. The van der Waals surface area contributed by atoms with Crippen molar-refractivity contribution in [2.45, 2.75) is 25.8 Å². The summed E-state index contributed by atoms with van der Waals surface area (Å²) < 4.78 is 18.7. The number of amides is 2. The number of ether oxygens (including phenoxy) is 1. The highest BCUT2D eigenvalue weighted by molar-refractivity contribution is 5.94. The van der Waals surface area contributed by atoms with Gasteiger partial charge in [0.05, 0.1) is 6.04 Å². The van der Waals surface area contributed by atoms with Crippen LogP contribution in [0.15, 0.2) is 48.5 Å². The second-order valence-corrected chi connectivity index (χ2v) is 6.39. The van der Waals surface area contributed by atoms with E-state index in [4.69, 9.17) is 4.74 Å². The van der Waals surface area contributed by atoms with Crippen LogP contribution in [-0.2, 0) is 9.59 Å². The zero-order valence-electron chi connectivity index (χ0n) is 14.5. The highest BCUT2D eigenvalue weighted by atomic mass is 19.1. The van der Waals surface area contributed by atoms with E-state index in [9.17, 15) is 14.0 Å². The van der Waals surface area contributed by atoms with Gasteiger partial charge in [-0.15, -0.1) is 0 Å². The molecule has 1 fully saturated rings. The number of halogens is 1. The molecule has 136 valence electrons. The number of hydrogen-bond donors (Lipinski definition) is 2. The molecule has 1 atom stereocenters. The molecule has 2 N–H and O–H groups in total. The second-order valence-electron chi connectivity index (χ2n) is 6.39. The molecule has 1 saturated carbocycles. The Morgan fingerprint density at radius 3 is 2.50 bits per heavy atom. The minimum Gasteiger partial charge on any atom is -0.481 e. The Bertz CT molecular complexity index is 788. The summed E-state index contributed by atoms with van der Waals surface area (Å²) in [7, 11) is 0. The normalized spacial score (nSPS) is 14.4. The number of nitrogens with one attached hydrogen (secondary N) is 2. The molecule has 2 aromatic rings. The Kier molecular flexibility index (Phi) is 5.51. The van der Waals surface area contributed by atoms with Gasteiger partial charge in [-0.2, -0.15) is 0 Å². The fourth-order valence-corrected chi connectivity index (χ4v) is 2.52. The van der Waals surface area contributed by atoms with Gasteiger partial charge in [0.25, 0.3) is 5.91 Å². The molecule has 1 aliphatic carbocycles. The van der Waals surface area contributed by atoms with Crippen LogP contribution in [0, 0.1) is 11.7 Å². The number of carbonyl (C=O) groups excluding carboxylic acids is 2. The van der Waals surface area contributed by atoms with Crippen molar-refractivity contribution in [3.8, 4) is 5.75 Å². The summed E-state index contributed by atoms with van der Waals surface area (Å²) in [6.45, 7) is 1.58. The summed E-state index contributed by atoms with van der Waals surface area (Å²) >= 11 is 0. The lowest BCUT2D eigenvalue weighted by Gasteiger charge is -2.15. The predicted octanol–water partition coefficient (Wildman–Crippen LogP) is 3.43. The van der Waals surface area contributed by atoms with Crippen LogP contribution in [0.4, 0.5) is 10.1 Å². The number of para-hydroxylation sites is 1. The maximum atomic E-state index is 13.5. The summed E-state index contributed by atoms with van der Waals surface area (Å²) in [4.78, 5) is 23.7. The van der Waals surface area contributed by atoms with Crippen molar-refractivity contribution in [1.82, 2.24) is 5.32 Å². The summed E-state index contributed by atoms with van der Waals surface area (Å²) in [6, 6.07) is 13.0. The van der Waals surface area contributed by atoms with Crippen LogP contribution in [0.25, 0.3) is 0 Å². The van der Waals surface area contributed by atoms with Crippen LogP contribution < -0.4 is 15.4 Å². The SMILES string of the molecule is CC(NC(=O)COc1ccccc1F)c1ccc(NC(=O)C2CC2)cc1. The molecule has 2 aromatic carbocycles. The first-order valence-corrected chi connectivity index (χ1v) is 8.60. The summed E-state index contributed by atoms with van der Waals surface area (Å²) in [5.74, 6) is -0.582. The Morgan fingerprint density at radius 2 is 1.85 bits per heavy atom. The first kappa shape index (κ1) is 17.9. The van der Waals surface area contributed by atoms with Gasteiger partial charge in [0.15, 0.2) is 18.2 Å². The van der Waals surface area contributed by atoms with E-state index in [1.807, 2.05) is 31.2 Å². The number of rotatable bonds is 7. The molecule has 26 heavy (non-hydrogen) atoms. The number of hydrogen-bond acceptors (Lipinski definition) is 3. The molecule has 0 aliphatic heterocycles. The van der Waals surface area contributed by atoms with Crippen LogP contribution in [0.2, 0.25) is 0 Å². The topological polar surface area (TPSA) is 67.4 Å². The van der Waals surface area contributed by atoms with Crippen LogP contribution in [-0.4, -0.2) is 18.4 Å². The zero-order valence-corrected chi connectivity index (χ0v) is 14.5. The van der Waals surface area contributed by atoms with Crippen molar-refractivity contribution in [3.05, 3.63) is 59.9 Å². The van der Waals surface area contributed by atoms with E-state index < -0.39 is 5.82 Å². The van der Waals surface area contributed by atoms with E-state index in [-0.39, 0.29) is 36.1 Å². The third-order valence-electron chi connectivity index (χ3n) is 4.20. The number of carbonyl (C=O) groups is 2. The van der Waals surface area contributed by atoms with Gasteiger partial charge in [0.1, 0.15) is 0 Å². The Balaban J connectivity index is 1.49. The summed E-state index contributed by atoms with van der Waals surface area (Å²) in [5.41, 5.74) is 1.64. The Morgan fingerprint density at radius 1 is 1.15 bits per heavy atom. The number of anilines is 1. The van der Waals surface area contributed by atoms with E-state index in [1.165, 1.54) is 12.1 Å². The molecule has 0 heterocycles. The van der Waals surface area contributed by atoms with Crippen LogP contribution >= 0.6 is 0 Å². The minimum absolute atomic E-state index is 0.0473. The standard InChI is InChI=1S/C20H21FN2O3/c1-13(22-19(24)12-26-18-5-3-2-4-17(18)21)14-8-10-16(11-9-14)23-20(25)15-6-7-15/h2-5,8-11,13,15H,6-7,12H2,1H3,(H,22,24)(H,23,25). The van der Waals surface area contributed by atoms with Gasteiger partial charge in [-0.3, -0.25) is 9.59 Å². The van der Waals surface area contributed by atoms with Crippen molar-refractivity contribution in [2.75, 3.05) is 11.9 Å². The van der Waals surface area contributed by atoms with Crippen molar-refractivity contribution in [2.24, 2.45) is 5.92 Å². The predicted molar refractivity (Wildman–Crippen MR) is 96.2 cm³/mol. The molecule has 1 aliphatic rings. The minimum atomic E-state index is -0.503. The van der Waals surface area contributed by atoms with Crippen LogP contribution in [0.5, 0.6) is 5.75 Å². The lowest BCUT2D eigenvalue weighted by Crippen LogP contribution is -2.31. The molecule has 0 bridgehead atoms. The van der Waals surface area contributed by atoms with E-state index in [0.29, 0.717) is 0 Å². The first-order chi connectivity index (χ1) is 12.5. The van der Waals surface area contributed by atoms with Gasteiger partial charge in [-0.25, -0.2) is 4.39 Å². The highest BCUT2D eigenvalue weighted by Crippen LogP contribution is 2.30. The van der Waals surface area contributed by atoms with E-state index >= 15 is 0 Å². The third kappa shape index (κ3) is 4.81. The maximum Gasteiger partial charge on any atom is 0.258 e. The largest absolute Gasteiger partial charge is 0.481 e. The van der Waals surface area contributed by atoms with Crippen molar-refractivity contribution in [3.63, 3.8) is 0 Å². The lowest BCUT2D eigenvalue weighted by molar-refractivity contribution is -0.123. The molecule has 0 radical (unpaired) electrons. The molecule has 0 aromatic heterocycles. The van der Waals surface area contributed by atoms with Gasteiger partial charge in [-0.1, -0.05) is 24.3 Å². The lowest BCUT2D eigenvalue weighted by atomic mass is 10.1. The molecule has 0 spiro atoms. The fraction of sp³-hybridized carbons (Fsp3) is 0.300. The molecule has 3 rings (SSSR count). The van der Waals surface area contributed by atoms with Crippen molar-refractivity contribution in [1.29, 1.82) is 0 Å². The van der Waals surface area contributed by atoms with Gasteiger partial charge in [0.2, 0.25) is 5.91 Å². The van der Waals surface area contributed by atoms with Gasteiger partial charge in [-0.05, 0) is 49.6 Å². The van der Waals surface area contributed by atoms with Crippen molar-refractivity contribution < 1.29 is 18.7 Å². The fourth-order valence-electron chi connectivity index (χ4n) is 2.52. The Hall–Kier alpha value is -2.89. The van der Waals surface area contributed by atoms with Gasteiger partial charge in [0, 0.05) is 11.6 Å². The smallest absolute Gasteiger partial charge is 0.258 e. The zero-order chi connectivity index (χ0) is 18.5. The highest BCUT2D eigenvalue weighted by Gasteiger charge is 2.29. The molecule has 6 heteroatoms. The molecular weight excluding hydrogens is 335 g/mol. The summed E-state index contributed by atoms with van der Waals surface area (Å²) in [5, 5.41) is 5.67. The average molecular weight is 356 g/mol.